The second-order valence-corrected chi connectivity index (χ2v) is 8.24. The zero-order chi connectivity index (χ0) is 23.3. The van der Waals surface area contributed by atoms with Gasteiger partial charge >= 0.3 is 18.9 Å². The molecule has 9 heteroatoms. The summed E-state index contributed by atoms with van der Waals surface area (Å²) in [5, 5.41) is 0.698. The van der Waals surface area contributed by atoms with Crippen LogP contribution in [0.25, 0.3) is 0 Å². The summed E-state index contributed by atoms with van der Waals surface area (Å²) in [4.78, 5) is 13.3. The van der Waals surface area contributed by atoms with Gasteiger partial charge in [-0.3, -0.25) is 4.79 Å². The zero-order valence-electron chi connectivity index (χ0n) is 19.5. The van der Waals surface area contributed by atoms with Crippen molar-refractivity contribution in [1.29, 1.82) is 0 Å². The fourth-order valence-electron chi connectivity index (χ4n) is 3.06. The predicted octanol–water partition coefficient (Wildman–Crippen LogP) is 2.87. The van der Waals surface area contributed by atoms with E-state index in [9.17, 15) is 4.79 Å². The molecule has 0 fully saturated rings. The van der Waals surface area contributed by atoms with Crippen LogP contribution < -0.4 is 19.5 Å². The van der Waals surface area contributed by atoms with E-state index in [0.29, 0.717) is 62.2 Å². The maximum atomic E-state index is 13.3. The predicted molar refractivity (Wildman–Crippen MR) is 134 cm³/mol. The Morgan fingerprint density at radius 1 is 0.758 bits per heavy atom. The van der Waals surface area contributed by atoms with Gasteiger partial charge in [0.25, 0.3) is 0 Å². The molecule has 0 bridgehead atoms. The quantitative estimate of drug-likeness (QED) is 0.224. The van der Waals surface area contributed by atoms with Gasteiger partial charge in [-0.25, -0.2) is 0 Å². The molecular weight excluding hydrogens is 438 g/mol. The third-order valence-corrected chi connectivity index (χ3v) is 5.85. The number of carbonyl (C=O) groups is 1. The van der Waals surface area contributed by atoms with Crippen LogP contribution in [0.15, 0.2) is 30.3 Å². The molecule has 2 aromatic carbocycles. The Labute approximate surface area is 210 Å². The van der Waals surface area contributed by atoms with Crippen molar-refractivity contribution in [2.75, 3.05) is 61.0 Å². The fourth-order valence-corrected chi connectivity index (χ4v) is 4.34. The molecule has 2 rings (SSSR count). The molecule has 0 saturated carbocycles. The molecule has 2 aromatic rings. The maximum absolute atomic E-state index is 13.3. The van der Waals surface area contributed by atoms with E-state index < -0.39 is 0 Å². The van der Waals surface area contributed by atoms with Gasteiger partial charge < -0.3 is 28.4 Å². The van der Waals surface area contributed by atoms with Crippen LogP contribution in [-0.2, 0) is 14.2 Å². The van der Waals surface area contributed by atoms with Gasteiger partial charge in [-0.2, -0.15) is 0 Å². The van der Waals surface area contributed by atoms with Crippen LogP contribution in [-0.4, -0.2) is 85.4 Å². The van der Waals surface area contributed by atoms with Crippen molar-refractivity contribution in [2.24, 2.45) is 0 Å². The zero-order valence-corrected chi connectivity index (χ0v) is 20.5. The summed E-state index contributed by atoms with van der Waals surface area (Å²) in [6, 6.07) is 9.42. The van der Waals surface area contributed by atoms with Gasteiger partial charge in [-0.05, 0) is 33.6 Å². The number of benzene rings is 2. The number of hydrogen-bond acceptors (Lipinski definition) is 7. The summed E-state index contributed by atoms with van der Waals surface area (Å²) in [6.45, 7) is 6.24. The Balaban J connectivity index is 0.00000544. The van der Waals surface area contributed by atoms with E-state index >= 15 is 0 Å². The van der Waals surface area contributed by atoms with Gasteiger partial charge in [0.15, 0.2) is 5.52 Å². The first-order chi connectivity index (χ1) is 15.5. The van der Waals surface area contributed by atoms with E-state index in [1.165, 1.54) is 0 Å². The molecule has 0 aliphatic rings. The van der Waals surface area contributed by atoms with Crippen molar-refractivity contribution < 1.29 is 33.2 Å². The van der Waals surface area contributed by atoms with Gasteiger partial charge in [-0.1, -0.05) is 18.2 Å². The average Bonchev–Trinajstić information content (AvgIpc) is 2.76. The summed E-state index contributed by atoms with van der Waals surface area (Å²) in [7, 11) is 4.66. The summed E-state index contributed by atoms with van der Waals surface area (Å²) >= 11 is 0. The molecule has 0 radical (unpaired) electrons. The van der Waals surface area contributed by atoms with Gasteiger partial charge in [0.1, 0.15) is 37.1 Å². The van der Waals surface area contributed by atoms with Crippen molar-refractivity contribution in [2.45, 2.75) is 13.8 Å². The van der Waals surface area contributed by atoms with Gasteiger partial charge in [0.2, 0.25) is 0 Å². The number of carbonyl (C=O) groups excluding carboxylic acids is 1. The van der Waals surface area contributed by atoms with Crippen LogP contribution in [0.2, 0.25) is 0 Å². The number of aryl methyl sites for hydroxylation is 2. The van der Waals surface area contributed by atoms with Gasteiger partial charge in [-0.15, -0.1) is 0 Å². The summed E-state index contributed by atoms with van der Waals surface area (Å²) in [5.74, 6) is 1.67. The number of hydrogen-bond donors (Lipinski definition) is 0. The molecule has 0 heterocycles. The Hall–Kier alpha value is -1.58. The first kappa shape index (κ1) is 29.4. The molecule has 33 heavy (non-hydrogen) atoms. The molecule has 7 nitrogen and oxygen atoms in total. The third-order valence-electron chi connectivity index (χ3n) is 4.63. The van der Waals surface area contributed by atoms with Crippen molar-refractivity contribution in [1.82, 2.24) is 0 Å². The molecule has 0 N–H and O–H groups in total. The number of ether oxygens (including phenoxy) is 6. The topological polar surface area (TPSA) is 72.5 Å². The minimum absolute atomic E-state index is 0. The van der Waals surface area contributed by atoms with E-state index in [1.54, 1.807) is 33.5 Å². The van der Waals surface area contributed by atoms with Crippen LogP contribution in [0.4, 0.5) is 0 Å². The monoisotopic (exact) mass is 472 g/mol. The van der Waals surface area contributed by atoms with E-state index in [4.69, 9.17) is 28.4 Å². The standard InChI is InChI=1S/C24H33O7P.Li.H/c1-17-7-6-8-18(2)22(17)24(25)32-23-20(30-13-10-27-4)15-19(29-12-9-26-3)16-21(23)31-14-11-28-5;;/h6-8,15-16,32H,9-14H2,1-5H3;;. The molecule has 0 aliphatic heterocycles. The van der Waals surface area contributed by atoms with Crippen LogP contribution >= 0.6 is 8.58 Å². The molecule has 1 unspecified atom stereocenters. The summed E-state index contributed by atoms with van der Waals surface area (Å²) in [6.07, 6.45) is 0. The van der Waals surface area contributed by atoms with Gasteiger partial charge in [0, 0.05) is 39.0 Å². The third kappa shape index (κ3) is 9.29. The minimum atomic E-state index is -0.182. The first-order valence-electron chi connectivity index (χ1n) is 10.4. The van der Waals surface area contributed by atoms with Crippen LogP contribution in [0.5, 0.6) is 17.2 Å². The SMILES string of the molecule is COCCOc1cc(OCCOC)c(PC(=O)c2c(C)cccc2C)c(OCCOC)c1.[LiH]. The first-order valence-corrected chi connectivity index (χ1v) is 11.4. The normalized spacial score (nSPS) is 10.8. The van der Waals surface area contributed by atoms with E-state index in [0.717, 1.165) is 16.7 Å². The van der Waals surface area contributed by atoms with E-state index in [2.05, 4.69) is 0 Å². The van der Waals surface area contributed by atoms with Crippen LogP contribution in [0.3, 0.4) is 0 Å². The fraction of sp³-hybridized carbons (Fsp3) is 0.458. The van der Waals surface area contributed by atoms with Crippen molar-refractivity contribution in [3.63, 3.8) is 0 Å². The average molecular weight is 472 g/mol. The van der Waals surface area contributed by atoms with Crippen molar-refractivity contribution in [3.05, 3.63) is 47.0 Å². The summed E-state index contributed by atoms with van der Waals surface area (Å²) in [5.41, 5.74) is 2.66. The molecule has 0 spiro atoms. The van der Waals surface area contributed by atoms with Crippen molar-refractivity contribution in [3.8, 4) is 17.2 Å². The Kier molecular flexibility index (Phi) is 14.4. The summed E-state index contributed by atoms with van der Waals surface area (Å²) < 4.78 is 33.1. The van der Waals surface area contributed by atoms with E-state index in [1.807, 2.05) is 32.0 Å². The van der Waals surface area contributed by atoms with Crippen LogP contribution in [0, 0.1) is 13.8 Å². The number of methoxy groups -OCH3 is 3. The van der Waals surface area contributed by atoms with Gasteiger partial charge in [0.05, 0.1) is 25.1 Å². The Morgan fingerprint density at radius 2 is 1.21 bits per heavy atom. The Morgan fingerprint density at radius 3 is 1.67 bits per heavy atom. The molecule has 0 amide bonds. The molecular formula is C24H34LiO7P. The second kappa shape index (κ2) is 16.1. The number of rotatable bonds is 15. The Bertz CT molecular complexity index is 825. The van der Waals surface area contributed by atoms with Crippen molar-refractivity contribution >= 4 is 38.3 Å². The second-order valence-electron chi connectivity index (χ2n) is 7.04. The molecule has 0 aliphatic carbocycles. The molecule has 0 aromatic heterocycles. The van der Waals surface area contributed by atoms with Crippen LogP contribution in [0.1, 0.15) is 21.5 Å². The molecule has 1 atom stereocenters. The molecule has 0 saturated heterocycles. The molecule has 178 valence electrons. The van der Waals surface area contributed by atoms with E-state index in [-0.39, 0.29) is 33.0 Å².